The van der Waals surface area contributed by atoms with Crippen LogP contribution in [0.5, 0.6) is 0 Å². The lowest BCUT2D eigenvalue weighted by Crippen LogP contribution is -2.48. The Morgan fingerprint density at radius 2 is 1.65 bits per heavy atom. The molecule has 0 bridgehead atoms. The zero-order valence-electron chi connectivity index (χ0n) is 12.2. The zero-order chi connectivity index (χ0) is 12.8. The van der Waals surface area contributed by atoms with Crippen LogP contribution in [0.3, 0.4) is 0 Å². The van der Waals surface area contributed by atoms with E-state index in [1.54, 1.807) is 0 Å². The van der Waals surface area contributed by atoms with Crippen LogP contribution in [0, 0.1) is 0 Å². The number of halogens is 2. The summed E-state index contributed by atoms with van der Waals surface area (Å²) in [5, 5.41) is 3.10. The molecule has 0 aromatic carbocycles. The van der Waals surface area contributed by atoms with E-state index in [0.29, 0.717) is 19.0 Å². The molecule has 0 aromatic heterocycles. The van der Waals surface area contributed by atoms with Gasteiger partial charge in [0.15, 0.2) is 0 Å². The van der Waals surface area contributed by atoms with Crippen molar-refractivity contribution in [3.8, 4) is 0 Å². The second-order valence-electron chi connectivity index (χ2n) is 5.71. The van der Waals surface area contributed by atoms with Gasteiger partial charge in [-0.15, -0.1) is 24.8 Å². The van der Waals surface area contributed by atoms with Crippen molar-refractivity contribution in [1.29, 1.82) is 0 Å². The van der Waals surface area contributed by atoms with Gasteiger partial charge >= 0.3 is 0 Å². The Bertz CT molecular complexity index is 265. The van der Waals surface area contributed by atoms with Gasteiger partial charge < -0.3 is 16.0 Å². The first-order chi connectivity index (χ1) is 8.79. The van der Waals surface area contributed by atoms with E-state index in [1.165, 1.54) is 32.1 Å². The van der Waals surface area contributed by atoms with Crippen molar-refractivity contribution in [2.75, 3.05) is 19.6 Å². The fourth-order valence-corrected chi connectivity index (χ4v) is 3.29. The molecule has 1 amide bonds. The van der Waals surface area contributed by atoms with E-state index in [2.05, 4.69) is 10.2 Å². The summed E-state index contributed by atoms with van der Waals surface area (Å²) >= 11 is 0. The molecule has 3 N–H and O–H groups in total. The lowest BCUT2D eigenvalue weighted by molar-refractivity contribution is -0.121. The van der Waals surface area contributed by atoms with E-state index in [0.717, 1.165) is 32.0 Å². The topological polar surface area (TPSA) is 58.4 Å². The van der Waals surface area contributed by atoms with Crippen molar-refractivity contribution in [1.82, 2.24) is 10.2 Å². The normalized spacial score (nSPS) is 21.6. The Labute approximate surface area is 135 Å². The van der Waals surface area contributed by atoms with E-state index in [1.807, 2.05) is 0 Å². The van der Waals surface area contributed by atoms with Crippen molar-refractivity contribution in [3.05, 3.63) is 0 Å². The van der Waals surface area contributed by atoms with Crippen LogP contribution < -0.4 is 11.1 Å². The van der Waals surface area contributed by atoms with Gasteiger partial charge in [-0.2, -0.15) is 0 Å². The summed E-state index contributed by atoms with van der Waals surface area (Å²) in [6, 6.07) is 1.20. The molecule has 120 valence electrons. The first kappa shape index (κ1) is 20.0. The van der Waals surface area contributed by atoms with E-state index in [-0.39, 0.29) is 30.7 Å². The van der Waals surface area contributed by atoms with Crippen molar-refractivity contribution < 1.29 is 4.79 Å². The van der Waals surface area contributed by atoms with Gasteiger partial charge in [0.2, 0.25) is 5.91 Å². The predicted molar refractivity (Wildman–Crippen MR) is 87.8 cm³/mol. The van der Waals surface area contributed by atoms with Crippen molar-refractivity contribution >= 4 is 30.7 Å². The first-order valence-corrected chi connectivity index (χ1v) is 7.53. The highest BCUT2D eigenvalue weighted by Gasteiger charge is 2.26. The van der Waals surface area contributed by atoms with Crippen LogP contribution in [0.1, 0.15) is 51.4 Å². The first-order valence-electron chi connectivity index (χ1n) is 7.53. The van der Waals surface area contributed by atoms with E-state index in [4.69, 9.17) is 5.73 Å². The van der Waals surface area contributed by atoms with E-state index < -0.39 is 0 Å². The molecule has 2 rings (SSSR count). The molecule has 1 heterocycles. The number of nitrogens with two attached hydrogens (primary N) is 1. The lowest BCUT2D eigenvalue weighted by atomic mass is 9.92. The average Bonchev–Trinajstić information content (AvgIpc) is 2.41. The molecule has 0 spiro atoms. The number of rotatable bonds is 4. The van der Waals surface area contributed by atoms with Crippen LogP contribution in [0.4, 0.5) is 0 Å². The Hall–Kier alpha value is -0.0300. The summed E-state index contributed by atoms with van der Waals surface area (Å²) in [5.41, 5.74) is 5.39. The number of nitrogens with one attached hydrogen (secondary N) is 1. The van der Waals surface area contributed by atoms with Crippen LogP contribution in [0.25, 0.3) is 0 Å². The standard InChI is InChI=1S/C14H27N3O.2ClH/c15-9-6-14(18)16-12-7-10-17(11-8-12)13-4-2-1-3-5-13;;/h12-13H,1-11,15H2,(H,16,18);2*1H. The fraction of sp³-hybridized carbons (Fsp3) is 0.929. The quantitative estimate of drug-likeness (QED) is 0.832. The van der Waals surface area contributed by atoms with Gasteiger partial charge in [0, 0.05) is 38.1 Å². The van der Waals surface area contributed by atoms with Crippen LogP contribution >= 0.6 is 24.8 Å². The van der Waals surface area contributed by atoms with Crippen molar-refractivity contribution in [3.63, 3.8) is 0 Å². The maximum Gasteiger partial charge on any atom is 0.221 e. The molecule has 2 aliphatic rings. The molecule has 0 atom stereocenters. The molecule has 1 aliphatic carbocycles. The molecular formula is C14H29Cl2N3O. The van der Waals surface area contributed by atoms with Crippen molar-refractivity contribution in [2.24, 2.45) is 5.73 Å². The van der Waals surface area contributed by atoms with Crippen LogP contribution in [-0.2, 0) is 4.79 Å². The zero-order valence-corrected chi connectivity index (χ0v) is 13.8. The SMILES string of the molecule is Cl.Cl.NCCC(=O)NC1CCN(C2CCCCC2)CC1. The van der Waals surface area contributed by atoms with Gasteiger partial charge in [-0.3, -0.25) is 4.79 Å². The largest absolute Gasteiger partial charge is 0.353 e. The molecule has 20 heavy (non-hydrogen) atoms. The number of hydrogen-bond acceptors (Lipinski definition) is 3. The molecule has 1 saturated carbocycles. The molecule has 0 unspecified atom stereocenters. The third-order valence-corrected chi connectivity index (χ3v) is 4.36. The number of piperidine rings is 1. The molecule has 6 heteroatoms. The minimum Gasteiger partial charge on any atom is -0.353 e. The third-order valence-electron chi connectivity index (χ3n) is 4.36. The highest BCUT2D eigenvalue weighted by Crippen LogP contribution is 2.25. The molecule has 2 fully saturated rings. The molecule has 1 saturated heterocycles. The number of amides is 1. The number of hydrogen-bond donors (Lipinski definition) is 2. The molecular weight excluding hydrogens is 297 g/mol. The third kappa shape index (κ3) is 6.17. The molecule has 0 radical (unpaired) electrons. The minimum atomic E-state index is 0. The van der Waals surface area contributed by atoms with Crippen molar-refractivity contribution in [2.45, 2.75) is 63.5 Å². The van der Waals surface area contributed by atoms with Gasteiger partial charge in [-0.1, -0.05) is 19.3 Å². The van der Waals surface area contributed by atoms with Crippen LogP contribution in [0.2, 0.25) is 0 Å². The summed E-state index contributed by atoms with van der Waals surface area (Å²) in [4.78, 5) is 14.1. The molecule has 0 aromatic rings. The number of carbonyl (C=O) groups excluding carboxylic acids is 1. The monoisotopic (exact) mass is 325 g/mol. The maximum atomic E-state index is 11.5. The van der Waals surface area contributed by atoms with Gasteiger partial charge in [0.1, 0.15) is 0 Å². The minimum absolute atomic E-state index is 0. The number of carbonyl (C=O) groups is 1. The second kappa shape index (κ2) is 10.7. The summed E-state index contributed by atoms with van der Waals surface area (Å²) in [6.07, 6.45) is 9.65. The van der Waals surface area contributed by atoms with Crippen LogP contribution in [0.15, 0.2) is 0 Å². The fourth-order valence-electron chi connectivity index (χ4n) is 3.29. The Morgan fingerprint density at radius 1 is 1.05 bits per heavy atom. The highest BCUT2D eigenvalue weighted by molar-refractivity contribution is 5.85. The van der Waals surface area contributed by atoms with E-state index in [9.17, 15) is 4.79 Å². The second-order valence-corrected chi connectivity index (χ2v) is 5.71. The van der Waals surface area contributed by atoms with Gasteiger partial charge in [0.05, 0.1) is 0 Å². The Kier molecular flexibility index (Phi) is 10.6. The van der Waals surface area contributed by atoms with Gasteiger partial charge in [0.25, 0.3) is 0 Å². The van der Waals surface area contributed by atoms with Crippen LogP contribution in [-0.4, -0.2) is 42.5 Å². The van der Waals surface area contributed by atoms with Gasteiger partial charge in [-0.05, 0) is 25.7 Å². The predicted octanol–water partition coefficient (Wildman–Crippen LogP) is 2.09. The van der Waals surface area contributed by atoms with E-state index >= 15 is 0 Å². The summed E-state index contributed by atoms with van der Waals surface area (Å²) < 4.78 is 0. The average molecular weight is 326 g/mol. The summed E-state index contributed by atoms with van der Waals surface area (Å²) in [7, 11) is 0. The number of likely N-dealkylation sites (tertiary alicyclic amines) is 1. The number of nitrogens with zero attached hydrogens (tertiary/aromatic N) is 1. The van der Waals surface area contributed by atoms with Gasteiger partial charge in [-0.25, -0.2) is 0 Å². The summed E-state index contributed by atoms with van der Waals surface area (Å²) in [5.74, 6) is 0.119. The summed E-state index contributed by atoms with van der Waals surface area (Å²) in [6.45, 7) is 2.75. The lowest BCUT2D eigenvalue weighted by Gasteiger charge is -2.39. The smallest absolute Gasteiger partial charge is 0.221 e. The molecule has 1 aliphatic heterocycles. The highest BCUT2D eigenvalue weighted by atomic mass is 35.5. The Morgan fingerprint density at radius 3 is 2.20 bits per heavy atom. The Balaban J connectivity index is 0.00000180. The molecule has 4 nitrogen and oxygen atoms in total. The maximum absolute atomic E-state index is 11.5.